The van der Waals surface area contributed by atoms with Crippen molar-refractivity contribution >= 4 is 85.9 Å². The maximum absolute atomic E-state index is 12.0. The van der Waals surface area contributed by atoms with E-state index in [0.29, 0.717) is 46.8 Å². The molecule has 350 valence electrons. The van der Waals surface area contributed by atoms with Crippen molar-refractivity contribution in [3.05, 3.63) is 105 Å². The van der Waals surface area contributed by atoms with E-state index in [2.05, 4.69) is 55.2 Å². The summed E-state index contributed by atoms with van der Waals surface area (Å²) >= 11 is 19.5. The van der Waals surface area contributed by atoms with Crippen LogP contribution in [0, 0.1) is 17.8 Å². The molecule has 8 N–H and O–H groups in total. The Morgan fingerprint density at radius 3 is 1.43 bits per heavy atom. The first kappa shape index (κ1) is 54.8. The molecule has 18 heteroatoms. The number of nitrogens with zero attached hydrogens (tertiary/aromatic N) is 2. The van der Waals surface area contributed by atoms with Gasteiger partial charge in [0.2, 0.25) is 17.7 Å². The van der Waals surface area contributed by atoms with E-state index < -0.39 is 33.4 Å². The van der Waals surface area contributed by atoms with E-state index in [1.165, 1.54) is 21.6 Å². The number of primary amides is 3. The molecule has 0 saturated carbocycles. The summed E-state index contributed by atoms with van der Waals surface area (Å²) in [5.41, 5.74) is 19.3. The second kappa shape index (κ2) is 27.8. The largest absolute Gasteiger partial charge is 0.870 e. The number of hydrogen-bond acceptors (Lipinski definition) is 9. The molecular weight excluding hydrogens is 923 g/mol. The number of hydrogen-bond donors (Lipinski definition) is 4. The average Bonchev–Trinajstić information content (AvgIpc) is 3.19. The number of halogens is 3. The molecule has 3 aromatic carbocycles. The molecule has 3 heterocycles. The van der Waals surface area contributed by atoms with Crippen LogP contribution in [0.3, 0.4) is 0 Å². The SMILES string of the molecule is CN1CC[C@H](c2ccc(Cl)cc2)[C@@H](CS(=O)CC(N)=O)C1.CN1CC[C@H](c2ccc(Cl)cc2)[C@@H](CSCC(N)=O)C1.C[NH+]1CC[C@H](c2ccc(Cl)cc2)[C@@H](CS(=O)CC(N)=O)C1.[OH-]. The highest BCUT2D eigenvalue weighted by Crippen LogP contribution is 2.36. The van der Waals surface area contributed by atoms with Gasteiger partial charge < -0.3 is 37.4 Å². The molecule has 3 unspecified atom stereocenters. The minimum absolute atomic E-state index is 0. The van der Waals surface area contributed by atoms with E-state index in [1.54, 1.807) is 11.8 Å². The Bertz CT molecular complexity index is 1840. The number of carbonyl (C=O) groups excluding carboxylic acids is 3. The van der Waals surface area contributed by atoms with Crippen molar-refractivity contribution in [3.8, 4) is 0 Å². The van der Waals surface area contributed by atoms with Crippen molar-refractivity contribution in [1.29, 1.82) is 0 Å². The van der Waals surface area contributed by atoms with Gasteiger partial charge in [0, 0.05) is 73.6 Å². The Kier molecular flexibility index (Phi) is 24.2. The zero-order valence-corrected chi connectivity index (χ0v) is 41.2. The average molecular weight is 989 g/mol. The zero-order chi connectivity index (χ0) is 45.3. The molecule has 3 saturated heterocycles. The minimum Gasteiger partial charge on any atom is -0.870 e. The van der Waals surface area contributed by atoms with Gasteiger partial charge in [0.1, 0.15) is 11.5 Å². The van der Waals surface area contributed by atoms with Crippen molar-refractivity contribution in [2.24, 2.45) is 35.0 Å². The van der Waals surface area contributed by atoms with Crippen LogP contribution >= 0.6 is 46.6 Å². The minimum atomic E-state index is -1.19. The number of quaternary nitrogens is 1. The lowest BCUT2D eigenvalue weighted by Crippen LogP contribution is -3.11. The van der Waals surface area contributed by atoms with E-state index in [0.717, 1.165) is 79.4 Å². The van der Waals surface area contributed by atoms with Gasteiger partial charge in [-0.2, -0.15) is 11.8 Å². The second-order valence-electron chi connectivity index (χ2n) is 17.0. The van der Waals surface area contributed by atoms with Gasteiger partial charge >= 0.3 is 0 Å². The number of thioether (sulfide) groups is 1. The summed E-state index contributed by atoms with van der Waals surface area (Å²) in [4.78, 5) is 38.8. The van der Waals surface area contributed by atoms with Gasteiger partial charge in [-0.25, -0.2) is 0 Å². The molecule has 3 aromatic rings. The lowest BCUT2D eigenvalue weighted by Gasteiger charge is -2.37. The van der Waals surface area contributed by atoms with Crippen molar-refractivity contribution in [3.63, 3.8) is 0 Å². The van der Waals surface area contributed by atoms with Crippen LogP contribution in [0.2, 0.25) is 15.1 Å². The summed E-state index contributed by atoms with van der Waals surface area (Å²) in [6, 6.07) is 24.0. The molecule has 63 heavy (non-hydrogen) atoms. The monoisotopic (exact) mass is 986 g/mol. The summed E-state index contributed by atoms with van der Waals surface area (Å²) in [7, 11) is 4.02. The molecular formula is C45H65Cl3N6O6S3. The molecule has 9 atom stereocenters. The highest BCUT2D eigenvalue weighted by Gasteiger charge is 2.34. The van der Waals surface area contributed by atoms with Crippen molar-refractivity contribution in [1.82, 2.24) is 9.80 Å². The lowest BCUT2D eigenvalue weighted by molar-refractivity contribution is -0.888. The fraction of sp³-hybridized carbons (Fsp3) is 0.533. The van der Waals surface area contributed by atoms with E-state index in [1.807, 2.05) is 48.5 Å². The normalized spacial score (nSPS) is 24.8. The number of nitrogens with one attached hydrogen (secondary N) is 1. The molecule has 3 aliphatic heterocycles. The molecule has 3 aliphatic rings. The highest BCUT2D eigenvalue weighted by atomic mass is 35.5. The maximum Gasteiger partial charge on any atom is 0.230 e. The standard InChI is InChI=1S/2C15H21ClN2O2S.C15H21ClN2OS.H2O/c2*1-18-7-6-14(11-2-4-13(16)5-3-11)12(8-18)9-21(20)10-15(17)19;1-18-7-6-14(11-2-4-13(16)5-3-11)12(8-18)9-20-10-15(17)19;/h2*2-5,12,14H,6-10H2,1H3,(H2,17,19);2-5,12,14H,6-10H2,1H3,(H2,17,19);1H2/t2*12-,14-,21?;12-,14-;/m111./s1. The summed E-state index contributed by atoms with van der Waals surface area (Å²) < 4.78 is 24.1. The number of likely N-dealkylation sites (tertiary alicyclic amines) is 3. The van der Waals surface area contributed by atoms with E-state index in [4.69, 9.17) is 52.0 Å². The van der Waals surface area contributed by atoms with E-state index >= 15 is 0 Å². The Labute approximate surface area is 397 Å². The molecule has 0 spiro atoms. The van der Waals surface area contributed by atoms with Gasteiger partial charge in [-0.15, -0.1) is 0 Å². The summed E-state index contributed by atoms with van der Waals surface area (Å²) in [6.07, 6.45) is 3.24. The predicted octanol–water partition coefficient (Wildman–Crippen LogP) is 4.22. The quantitative estimate of drug-likeness (QED) is 0.172. The Morgan fingerprint density at radius 1 is 0.635 bits per heavy atom. The van der Waals surface area contributed by atoms with Crippen LogP contribution in [0.1, 0.15) is 53.7 Å². The number of nitrogens with two attached hydrogens (primary N) is 3. The van der Waals surface area contributed by atoms with Crippen LogP contribution in [-0.2, 0) is 36.0 Å². The molecule has 3 amide bonds. The van der Waals surface area contributed by atoms with Gasteiger partial charge in [0.05, 0.1) is 25.9 Å². The topological polar surface area (TPSA) is 204 Å². The van der Waals surface area contributed by atoms with Gasteiger partial charge in [-0.1, -0.05) is 71.2 Å². The maximum atomic E-state index is 12.0. The summed E-state index contributed by atoms with van der Waals surface area (Å²) in [5.74, 6) is 3.53. The van der Waals surface area contributed by atoms with E-state index in [-0.39, 0.29) is 28.8 Å². The number of amides is 3. The number of carbonyl (C=O) groups is 3. The van der Waals surface area contributed by atoms with Crippen LogP contribution in [0.5, 0.6) is 0 Å². The number of rotatable bonds is 15. The van der Waals surface area contributed by atoms with Crippen LogP contribution < -0.4 is 22.1 Å². The van der Waals surface area contributed by atoms with Crippen LogP contribution in [0.4, 0.5) is 0 Å². The number of piperidine rings is 3. The third-order valence-corrected chi connectivity index (χ3v) is 16.5. The van der Waals surface area contributed by atoms with Crippen molar-refractivity contribution in [2.75, 3.05) is 94.9 Å². The first-order chi connectivity index (χ1) is 29.5. The van der Waals surface area contributed by atoms with Crippen LogP contribution in [0.15, 0.2) is 72.8 Å². The smallest absolute Gasteiger partial charge is 0.230 e. The predicted molar refractivity (Wildman–Crippen MR) is 261 cm³/mol. The van der Waals surface area contributed by atoms with Crippen LogP contribution in [-0.4, -0.2) is 136 Å². The van der Waals surface area contributed by atoms with Crippen molar-refractivity contribution in [2.45, 2.75) is 37.0 Å². The van der Waals surface area contributed by atoms with Gasteiger partial charge in [-0.3, -0.25) is 22.8 Å². The van der Waals surface area contributed by atoms with E-state index in [9.17, 15) is 22.8 Å². The number of benzene rings is 3. The molecule has 0 aromatic heterocycles. The van der Waals surface area contributed by atoms with Crippen molar-refractivity contribution < 1.29 is 33.2 Å². The molecule has 0 bridgehead atoms. The van der Waals surface area contributed by atoms with Gasteiger partial charge in [0.15, 0.2) is 0 Å². The fourth-order valence-corrected chi connectivity index (χ4v) is 12.8. The zero-order valence-electron chi connectivity index (χ0n) is 36.5. The Morgan fingerprint density at radius 2 is 1.02 bits per heavy atom. The highest BCUT2D eigenvalue weighted by molar-refractivity contribution is 7.99. The van der Waals surface area contributed by atoms with Crippen LogP contribution in [0.25, 0.3) is 0 Å². The first-order valence-corrected chi connectivity index (χ1v) is 26.3. The lowest BCUT2D eigenvalue weighted by atomic mass is 9.81. The van der Waals surface area contributed by atoms with Gasteiger partial charge in [-0.05, 0) is 128 Å². The fourth-order valence-electron chi connectivity index (χ4n) is 8.94. The van der Waals surface area contributed by atoms with Gasteiger partial charge in [0.25, 0.3) is 0 Å². The molecule has 6 rings (SSSR count). The first-order valence-electron chi connectivity index (χ1n) is 21.0. The summed E-state index contributed by atoms with van der Waals surface area (Å²) in [5, 5.41) is 2.23. The Balaban J connectivity index is 0.000000250. The molecule has 3 fully saturated rings. The third kappa shape index (κ3) is 19.4. The third-order valence-electron chi connectivity index (χ3n) is 11.8. The molecule has 0 radical (unpaired) electrons. The molecule has 12 nitrogen and oxygen atoms in total. The summed E-state index contributed by atoms with van der Waals surface area (Å²) in [6.45, 7) is 6.16. The Hall–Kier alpha value is -2.57. The second-order valence-corrected chi connectivity index (χ2v) is 22.3. The molecule has 0 aliphatic carbocycles.